The number of nitrogens with zero attached hydrogens (tertiary/aromatic N) is 2. The number of hydrogen-bond acceptors (Lipinski definition) is 3. The minimum atomic E-state index is -4.52. The van der Waals surface area contributed by atoms with Gasteiger partial charge in [-0.05, 0) is 31.6 Å². The molecule has 0 unspecified atom stereocenters. The van der Waals surface area contributed by atoms with Gasteiger partial charge in [0.25, 0.3) is 0 Å². The average molecular weight is 338 g/mol. The summed E-state index contributed by atoms with van der Waals surface area (Å²) in [7, 11) is 1.46. The summed E-state index contributed by atoms with van der Waals surface area (Å²) in [6.45, 7) is 3.55. The number of rotatable bonds is 5. The van der Waals surface area contributed by atoms with Gasteiger partial charge in [0.1, 0.15) is 5.82 Å². The van der Waals surface area contributed by atoms with E-state index in [0.29, 0.717) is 23.0 Å². The van der Waals surface area contributed by atoms with E-state index in [0.717, 1.165) is 6.20 Å². The summed E-state index contributed by atoms with van der Waals surface area (Å²) in [5.74, 6) is 0.196. The van der Waals surface area contributed by atoms with Crippen LogP contribution in [0.25, 0.3) is 17.5 Å². The van der Waals surface area contributed by atoms with E-state index in [1.54, 1.807) is 38.1 Å². The van der Waals surface area contributed by atoms with E-state index >= 15 is 0 Å². The summed E-state index contributed by atoms with van der Waals surface area (Å²) < 4.78 is 45.2. The molecule has 0 bridgehead atoms. The maximum absolute atomic E-state index is 13.0. The van der Waals surface area contributed by atoms with Crippen molar-refractivity contribution in [2.75, 3.05) is 7.11 Å². The lowest BCUT2D eigenvalue weighted by Gasteiger charge is -2.12. The topological polar surface area (TPSA) is 44.1 Å². The van der Waals surface area contributed by atoms with Crippen LogP contribution in [0.4, 0.5) is 13.2 Å². The molecule has 2 rings (SSSR count). The van der Waals surface area contributed by atoms with Crippen molar-refractivity contribution in [1.82, 2.24) is 9.55 Å². The summed E-state index contributed by atoms with van der Waals surface area (Å²) in [5.41, 5.74) is 0.488. The Balaban J connectivity index is 2.61. The molecule has 24 heavy (non-hydrogen) atoms. The lowest BCUT2D eigenvalue weighted by atomic mass is 10.0. The summed E-state index contributed by atoms with van der Waals surface area (Å²) in [4.78, 5) is 14.8. The van der Waals surface area contributed by atoms with E-state index in [1.165, 1.54) is 17.9 Å². The van der Waals surface area contributed by atoms with Crippen molar-refractivity contribution < 1.29 is 22.7 Å². The summed E-state index contributed by atoms with van der Waals surface area (Å²) >= 11 is 0. The molecule has 7 heteroatoms. The molecular formula is C17H17F3N2O2. The fraction of sp³-hybridized carbons (Fsp3) is 0.294. The lowest BCUT2D eigenvalue weighted by molar-refractivity contribution is -0.140. The molecule has 0 N–H and O–H groups in total. The summed E-state index contributed by atoms with van der Waals surface area (Å²) in [6, 6.07) is 4.53. The Bertz CT molecular complexity index is 762. The zero-order valence-corrected chi connectivity index (χ0v) is 13.5. The number of ether oxygens (including phenoxy) is 1. The molecule has 0 aliphatic rings. The first-order valence-corrected chi connectivity index (χ1v) is 7.23. The molecule has 0 spiro atoms. The van der Waals surface area contributed by atoms with E-state index < -0.39 is 11.9 Å². The van der Waals surface area contributed by atoms with E-state index in [1.807, 2.05) is 0 Å². The second-order valence-corrected chi connectivity index (χ2v) is 5.45. The minimum Gasteiger partial charge on any atom is -0.504 e. The van der Waals surface area contributed by atoms with Gasteiger partial charge in [0.05, 0.1) is 13.4 Å². The van der Waals surface area contributed by atoms with Gasteiger partial charge >= 0.3 is 6.18 Å². The van der Waals surface area contributed by atoms with Crippen LogP contribution in [0.15, 0.2) is 30.7 Å². The third-order valence-corrected chi connectivity index (χ3v) is 3.43. The quantitative estimate of drug-likeness (QED) is 0.592. The van der Waals surface area contributed by atoms with E-state index in [2.05, 4.69) is 4.98 Å². The SMILES string of the molecule is CO/C=C/c1cc(-c2nc(C(F)(F)F)cn2C(C)C)ccc1C=O. The number of hydrogen-bond donors (Lipinski definition) is 0. The standard InChI is InChI=1S/C17H17F3N2O2/c1-11(2)22-9-15(17(18,19)20)21-16(22)13-4-5-14(10-23)12(8-13)6-7-24-3/h4-11H,1-3H3/b7-6+. The smallest absolute Gasteiger partial charge is 0.434 e. The molecular weight excluding hydrogens is 321 g/mol. The Morgan fingerprint density at radius 3 is 2.50 bits per heavy atom. The number of benzene rings is 1. The van der Waals surface area contributed by atoms with Gasteiger partial charge in [-0.2, -0.15) is 13.2 Å². The highest BCUT2D eigenvalue weighted by Crippen LogP contribution is 2.33. The average Bonchev–Trinajstić information content (AvgIpc) is 2.98. The van der Waals surface area contributed by atoms with Crippen molar-refractivity contribution >= 4 is 12.4 Å². The Labute approximate surface area is 137 Å². The zero-order valence-electron chi connectivity index (χ0n) is 13.5. The molecule has 1 aromatic carbocycles. The number of halogens is 3. The second kappa shape index (κ2) is 6.90. The molecule has 128 valence electrons. The molecule has 0 saturated carbocycles. The third kappa shape index (κ3) is 3.67. The van der Waals surface area contributed by atoms with Crippen LogP contribution in [-0.4, -0.2) is 22.9 Å². The molecule has 0 fully saturated rings. The molecule has 0 saturated heterocycles. The van der Waals surface area contributed by atoms with Crippen molar-refractivity contribution in [2.45, 2.75) is 26.1 Å². The van der Waals surface area contributed by atoms with Gasteiger partial charge in [-0.1, -0.05) is 12.1 Å². The number of methoxy groups -OCH3 is 1. The molecule has 0 atom stereocenters. The monoisotopic (exact) mass is 338 g/mol. The van der Waals surface area contributed by atoms with Gasteiger partial charge in [-0.3, -0.25) is 4.79 Å². The first-order valence-electron chi connectivity index (χ1n) is 7.23. The molecule has 1 aromatic heterocycles. The molecule has 1 heterocycles. The van der Waals surface area contributed by atoms with Crippen molar-refractivity contribution in [3.05, 3.63) is 47.5 Å². The lowest BCUT2D eigenvalue weighted by Crippen LogP contribution is -2.05. The van der Waals surface area contributed by atoms with E-state index in [-0.39, 0.29) is 11.9 Å². The number of imidazole rings is 1. The van der Waals surface area contributed by atoms with Crippen LogP contribution in [0, 0.1) is 0 Å². The number of aldehydes is 1. The van der Waals surface area contributed by atoms with Crippen molar-refractivity contribution in [1.29, 1.82) is 0 Å². The second-order valence-electron chi connectivity index (χ2n) is 5.45. The maximum Gasteiger partial charge on any atom is 0.434 e. The van der Waals surface area contributed by atoms with E-state index in [4.69, 9.17) is 4.74 Å². The van der Waals surface area contributed by atoms with Crippen molar-refractivity contribution in [3.63, 3.8) is 0 Å². The fourth-order valence-corrected chi connectivity index (χ4v) is 2.24. The summed E-state index contributed by atoms with van der Waals surface area (Å²) in [5, 5.41) is 0. The van der Waals surface area contributed by atoms with Crippen LogP contribution >= 0.6 is 0 Å². The predicted molar refractivity (Wildman–Crippen MR) is 84.5 cm³/mol. The maximum atomic E-state index is 13.0. The number of carbonyl (C=O) groups excluding carboxylic acids is 1. The normalized spacial score (nSPS) is 12.1. The highest BCUT2D eigenvalue weighted by molar-refractivity contribution is 5.83. The van der Waals surface area contributed by atoms with Gasteiger partial charge in [0.15, 0.2) is 12.0 Å². The van der Waals surface area contributed by atoms with Crippen molar-refractivity contribution in [2.24, 2.45) is 0 Å². The molecule has 0 amide bonds. The van der Waals surface area contributed by atoms with Crippen LogP contribution in [-0.2, 0) is 10.9 Å². The Hall–Kier alpha value is -2.57. The summed E-state index contributed by atoms with van der Waals surface area (Å²) in [6.07, 6.45) is 0.118. The molecule has 0 aliphatic heterocycles. The highest BCUT2D eigenvalue weighted by atomic mass is 19.4. The van der Waals surface area contributed by atoms with Crippen LogP contribution < -0.4 is 0 Å². The number of carbonyl (C=O) groups is 1. The van der Waals surface area contributed by atoms with Crippen LogP contribution in [0.1, 0.15) is 41.5 Å². The van der Waals surface area contributed by atoms with Gasteiger partial charge in [0, 0.05) is 23.4 Å². The van der Waals surface area contributed by atoms with Crippen LogP contribution in [0.3, 0.4) is 0 Å². The van der Waals surface area contributed by atoms with Gasteiger partial charge in [0.2, 0.25) is 0 Å². The fourth-order valence-electron chi connectivity index (χ4n) is 2.24. The molecule has 0 radical (unpaired) electrons. The van der Waals surface area contributed by atoms with Crippen LogP contribution in [0.5, 0.6) is 0 Å². The van der Waals surface area contributed by atoms with Gasteiger partial charge in [-0.15, -0.1) is 0 Å². The highest BCUT2D eigenvalue weighted by Gasteiger charge is 2.35. The largest absolute Gasteiger partial charge is 0.504 e. The zero-order chi connectivity index (χ0) is 17.9. The number of alkyl halides is 3. The van der Waals surface area contributed by atoms with Crippen molar-refractivity contribution in [3.8, 4) is 11.4 Å². The first-order chi connectivity index (χ1) is 11.3. The van der Waals surface area contributed by atoms with Crippen LogP contribution in [0.2, 0.25) is 0 Å². The Morgan fingerprint density at radius 2 is 1.96 bits per heavy atom. The Morgan fingerprint density at radius 1 is 1.25 bits per heavy atom. The molecule has 0 aliphatic carbocycles. The first kappa shape index (κ1) is 17.8. The van der Waals surface area contributed by atoms with Gasteiger partial charge in [-0.25, -0.2) is 4.98 Å². The predicted octanol–water partition coefficient (Wildman–Crippen LogP) is 4.58. The number of aromatic nitrogens is 2. The third-order valence-electron chi connectivity index (χ3n) is 3.43. The Kier molecular flexibility index (Phi) is 5.11. The van der Waals surface area contributed by atoms with Gasteiger partial charge < -0.3 is 9.30 Å². The minimum absolute atomic E-state index is 0.196. The molecule has 4 nitrogen and oxygen atoms in total. The molecule has 2 aromatic rings. The van der Waals surface area contributed by atoms with E-state index in [9.17, 15) is 18.0 Å².